The number of nitrogen functional groups attached to an aromatic ring is 1. The minimum Gasteiger partial charge on any atom is -0.506 e. The number of rotatable bonds is 8. The van der Waals surface area contributed by atoms with E-state index in [1.54, 1.807) is 6.07 Å². The summed E-state index contributed by atoms with van der Waals surface area (Å²) in [7, 11) is -3.40. The number of hydrogen-bond acceptors (Lipinski definition) is 7. The molecule has 30 heavy (non-hydrogen) atoms. The van der Waals surface area contributed by atoms with Gasteiger partial charge in [-0.15, -0.1) is 0 Å². The minimum atomic E-state index is -3.40. The summed E-state index contributed by atoms with van der Waals surface area (Å²) < 4.78 is 31.4. The van der Waals surface area contributed by atoms with Crippen molar-refractivity contribution in [2.24, 2.45) is 0 Å². The van der Waals surface area contributed by atoms with Gasteiger partial charge in [-0.25, -0.2) is 18.1 Å². The van der Waals surface area contributed by atoms with Crippen LogP contribution in [0.25, 0.3) is 10.2 Å². The van der Waals surface area contributed by atoms with E-state index < -0.39 is 10.0 Å². The van der Waals surface area contributed by atoms with Crippen molar-refractivity contribution < 1.29 is 18.3 Å². The van der Waals surface area contributed by atoms with Crippen LogP contribution < -0.4 is 15.2 Å². The van der Waals surface area contributed by atoms with E-state index >= 15 is 0 Å². The zero-order chi connectivity index (χ0) is 21.6. The molecule has 7 nitrogen and oxygen atoms in total. The van der Waals surface area contributed by atoms with E-state index in [2.05, 4.69) is 28.1 Å². The van der Waals surface area contributed by atoms with Crippen LogP contribution in [0.15, 0.2) is 48.4 Å². The Morgan fingerprint density at radius 3 is 2.97 bits per heavy atom. The third kappa shape index (κ3) is 5.97. The zero-order valence-corrected chi connectivity index (χ0v) is 17.7. The molecule has 3 rings (SSSR count). The Balaban J connectivity index is 1.55. The molecule has 1 heterocycles. The predicted molar refractivity (Wildman–Crippen MR) is 120 cm³/mol. The van der Waals surface area contributed by atoms with Crippen molar-refractivity contribution in [1.29, 1.82) is 0 Å². The molecule has 2 aromatic carbocycles. The first-order chi connectivity index (χ1) is 14.4. The standard InChI is InChI=1S/C21H21N3O4S2/c1-2-30(26,27)23-10-5-11-28-17-9-4-7-15(12-17)6-3-8-16-13-18(25)20-19(14-16)29-21(22)24-20/h2,4,7,9,12-14,23,25H,1,5-6,10-11H2,(H2,22,24). The molecule has 0 aliphatic heterocycles. The van der Waals surface area contributed by atoms with Gasteiger partial charge in [0, 0.05) is 23.9 Å². The summed E-state index contributed by atoms with van der Waals surface area (Å²) in [5, 5.41) is 11.3. The topological polar surface area (TPSA) is 115 Å². The number of anilines is 1. The van der Waals surface area contributed by atoms with Gasteiger partial charge in [-0.05, 0) is 36.2 Å². The normalized spacial score (nSPS) is 11.1. The van der Waals surface area contributed by atoms with E-state index in [9.17, 15) is 13.5 Å². The van der Waals surface area contributed by atoms with Crippen molar-refractivity contribution in [3.8, 4) is 23.3 Å². The number of aromatic hydroxyl groups is 1. The highest BCUT2D eigenvalue weighted by molar-refractivity contribution is 7.92. The SMILES string of the molecule is C=CS(=O)(=O)NCCCOc1cccc(CC#Cc2cc(O)c3nc(N)sc3c2)c1. The van der Waals surface area contributed by atoms with Crippen molar-refractivity contribution >= 4 is 36.7 Å². The lowest BCUT2D eigenvalue weighted by Crippen LogP contribution is -2.23. The van der Waals surface area contributed by atoms with Gasteiger partial charge in [-0.2, -0.15) is 0 Å². The summed E-state index contributed by atoms with van der Waals surface area (Å²) in [4.78, 5) is 4.09. The van der Waals surface area contributed by atoms with Crippen LogP contribution in [0.2, 0.25) is 0 Å². The van der Waals surface area contributed by atoms with E-state index in [1.807, 2.05) is 30.3 Å². The number of phenolic OH excluding ortho intramolecular Hbond substituents is 1. The van der Waals surface area contributed by atoms with Crippen molar-refractivity contribution in [1.82, 2.24) is 9.71 Å². The molecule has 0 amide bonds. The highest BCUT2D eigenvalue weighted by atomic mass is 32.2. The summed E-state index contributed by atoms with van der Waals surface area (Å²) in [5.74, 6) is 6.90. The van der Waals surface area contributed by atoms with E-state index in [4.69, 9.17) is 10.5 Å². The van der Waals surface area contributed by atoms with Crippen LogP contribution in [-0.4, -0.2) is 31.7 Å². The van der Waals surface area contributed by atoms with Crippen LogP contribution in [0.5, 0.6) is 11.5 Å². The van der Waals surface area contributed by atoms with Gasteiger partial charge in [0.15, 0.2) is 5.13 Å². The molecule has 0 atom stereocenters. The van der Waals surface area contributed by atoms with Gasteiger partial charge in [-0.1, -0.05) is 41.9 Å². The molecule has 0 spiro atoms. The quantitative estimate of drug-likeness (QED) is 0.364. The highest BCUT2D eigenvalue weighted by Crippen LogP contribution is 2.31. The van der Waals surface area contributed by atoms with Gasteiger partial charge in [0.2, 0.25) is 10.0 Å². The number of nitrogens with one attached hydrogen (secondary N) is 1. The van der Waals surface area contributed by atoms with Crippen LogP contribution in [0.1, 0.15) is 17.5 Å². The second kappa shape index (κ2) is 9.63. The smallest absolute Gasteiger partial charge is 0.233 e. The summed E-state index contributed by atoms with van der Waals surface area (Å²) in [6, 6.07) is 11.0. The lowest BCUT2D eigenvalue weighted by atomic mass is 10.1. The van der Waals surface area contributed by atoms with Crippen molar-refractivity contribution in [2.75, 3.05) is 18.9 Å². The average molecular weight is 444 g/mol. The molecule has 0 radical (unpaired) electrons. The molecular weight excluding hydrogens is 422 g/mol. The fraction of sp³-hybridized carbons (Fsp3) is 0.190. The van der Waals surface area contributed by atoms with Gasteiger partial charge in [-0.3, -0.25) is 0 Å². The van der Waals surface area contributed by atoms with Gasteiger partial charge < -0.3 is 15.6 Å². The number of hydrogen-bond donors (Lipinski definition) is 3. The maximum absolute atomic E-state index is 11.3. The molecule has 0 saturated heterocycles. The molecule has 0 fully saturated rings. The third-order valence-electron chi connectivity index (χ3n) is 4.03. The summed E-state index contributed by atoms with van der Waals surface area (Å²) in [6.07, 6.45) is 1.05. The van der Waals surface area contributed by atoms with E-state index in [1.165, 1.54) is 11.3 Å². The van der Waals surface area contributed by atoms with Crippen LogP contribution >= 0.6 is 11.3 Å². The molecule has 1 aromatic heterocycles. The van der Waals surface area contributed by atoms with Crippen molar-refractivity contribution in [2.45, 2.75) is 12.8 Å². The molecule has 9 heteroatoms. The maximum Gasteiger partial charge on any atom is 0.233 e. The van der Waals surface area contributed by atoms with Crippen molar-refractivity contribution in [3.05, 3.63) is 59.5 Å². The second-order valence-corrected chi connectivity index (χ2v) is 9.10. The van der Waals surface area contributed by atoms with Gasteiger partial charge >= 0.3 is 0 Å². The first-order valence-corrected chi connectivity index (χ1v) is 11.4. The first kappa shape index (κ1) is 21.6. The lowest BCUT2D eigenvalue weighted by Gasteiger charge is -2.07. The Bertz CT molecular complexity index is 1220. The summed E-state index contributed by atoms with van der Waals surface area (Å²) in [5.41, 5.74) is 7.86. The number of sulfonamides is 1. The molecular formula is C21H21N3O4S2. The lowest BCUT2D eigenvalue weighted by molar-refractivity contribution is 0.311. The number of phenols is 1. The molecule has 0 saturated carbocycles. The van der Waals surface area contributed by atoms with E-state index in [-0.39, 0.29) is 12.3 Å². The molecule has 156 valence electrons. The maximum atomic E-state index is 11.3. The zero-order valence-electron chi connectivity index (χ0n) is 16.1. The Morgan fingerprint density at radius 1 is 1.33 bits per heavy atom. The molecule has 0 unspecified atom stereocenters. The fourth-order valence-electron chi connectivity index (χ4n) is 2.63. The monoisotopic (exact) mass is 443 g/mol. The highest BCUT2D eigenvalue weighted by Gasteiger charge is 2.07. The molecule has 0 aliphatic rings. The summed E-state index contributed by atoms with van der Waals surface area (Å²) in [6.45, 7) is 3.90. The summed E-state index contributed by atoms with van der Waals surface area (Å²) >= 11 is 1.31. The predicted octanol–water partition coefficient (Wildman–Crippen LogP) is 3.01. The molecule has 0 bridgehead atoms. The number of nitrogens with two attached hydrogens (primary N) is 1. The largest absolute Gasteiger partial charge is 0.506 e. The van der Waals surface area contributed by atoms with Crippen LogP contribution in [0.4, 0.5) is 5.13 Å². The average Bonchev–Trinajstić information content (AvgIpc) is 3.09. The first-order valence-electron chi connectivity index (χ1n) is 9.08. The van der Waals surface area contributed by atoms with Gasteiger partial charge in [0.25, 0.3) is 0 Å². The Labute approximate surface area is 179 Å². The van der Waals surface area contributed by atoms with E-state index in [0.29, 0.717) is 41.4 Å². The Hall–Kier alpha value is -3.06. The number of thiazole rings is 1. The molecule has 3 aromatic rings. The number of nitrogens with zero attached hydrogens (tertiary/aromatic N) is 1. The van der Waals surface area contributed by atoms with Gasteiger partial charge in [0.05, 0.1) is 11.3 Å². The third-order valence-corrected chi connectivity index (χ3v) is 5.90. The van der Waals surface area contributed by atoms with E-state index in [0.717, 1.165) is 15.7 Å². The van der Waals surface area contributed by atoms with Crippen LogP contribution in [-0.2, 0) is 16.4 Å². The second-order valence-electron chi connectivity index (χ2n) is 6.33. The van der Waals surface area contributed by atoms with Crippen LogP contribution in [0, 0.1) is 11.8 Å². The Kier molecular flexibility index (Phi) is 6.95. The fourth-order valence-corrected chi connectivity index (χ4v) is 3.97. The van der Waals surface area contributed by atoms with Gasteiger partial charge in [0.1, 0.15) is 17.0 Å². The molecule has 0 aliphatic carbocycles. The number of benzene rings is 2. The Morgan fingerprint density at radius 2 is 2.17 bits per heavy atom. The molecule has 4 N–H and O–H groups in total. The van der Waals surface area contributed by atoms with Crippen molar-refractivity contribution in [3.63, 3.8) is 0 Å². The van der Waals surface area contributed by atoms with Crippen LogP contribution in [0.3, 0.4) is 0 Å². The minimum absolute atomic E-state index is 0.0653. The number of aromatic nitrogens is 1. The number of fused-ring (bicyclic) bond motifs is 1. The number of ether oxygens (including phenoxy) is 1.